The monoisotopic (exact) mass is 280 g/mol. The van der Waals surface area contributed by atoms with Crippen LogP contribution >= 0.6 is 24.8 Å². The highest BCUT2D eigenvalue weighted by atomic mass is 35.5. The summed E-state index contributed by atoms with van der Waals surface area (Å²) in [6.07, 6.45) is 4.43. The van der Waals surface area contributed by atoms with E-state index in [2.05, 4.69) is 42.6 Å². The molecular weight excluding hydrogens is 259 g/mol. The zero-order chi connectivity index (χ0) is 10.9. The molecule has 6 heteroatoms. The summed E-state index contributed by atoms with van der Waals surface area (Å²) in [5, 5.41) is 11.9. The van der Waals surface area contributed by atoms with E-state index in [1.165, 1.54) is 0 Å². The van der Waals surface area contributed by atoms with Crippen molar-refractivity contribution in [3.63, 3.8) is 0 Å². The maximum Gasteiger partial charge on any atom is 0.0880 e. The second-order valence-electron chi connectivity index (χ2n) is 5.31. The van der Waals surface area contributed by atoms with Crippen LogP contribution in [0.15, 0.2) is 6.20 Å². The minimum Gasteiger partial charge on any atom is -0.317 e. The van der Waals surface area contributed by atoms with Crippen molar-refractivity contribution in [2.24, 2.45) is 0 Å². The molecule has 0 spiro atoms. The fraction of sp³-hybridized carbons (Fsp3) is 0.818. The molecule has 0 saturated carbocycles. The van der Waals surface area contributed by atoms with Crippen LogP contribution in [0.3, 0.4) is 0 Å². The summed E-state index contributed by atoms with van der Waals surface area (Å²) in [6.45, 7) is 8.70. The molecule has 0 atom stereocenters. The summed E-state index contributed by atoms with van der Waals surface area (Å²) < 4.78 is 2.04. The van der Waals surface area contributed by atoms with Gasteiger partial charge in [0.25, 0.3) is 0 Å². The molecule has 100 valence electrons. The molecule has 1 saturated heterocycles. The number of rotatable bonds is 1. The highest BCUT2D eigenvalue weighted by Crippen LogP contribution is 2.22. The second kappa shape index (κ2) is 6.57. The van der Waals surface area contributed by atoms with Gasteiger partial charge < -0.3 is 5.32 Å². The van der Waals surface area contributed by atoms with Crippen LogP contribution in [0.2, 0.25) is 0 Å². The maximum atomic E-state index is 4.26. The molecule has 2 heterocycles. The molecule has 1 aromatic rings. The van der Waals surface area contributed by atoms with Crippen LogP contribution in [0.4, 0.5) is 0 Å². The lowest BCUT2D eigenvalue weighted by molar-refractivity contribution is 0.337. The van der Waals surface area contributed by atoms with Crippen LogP contribution in [0.25, 0.3) is 0 Å². The molecule has 0 unspecified atom stereocenters. The van der Waals surface area contributed by atoms with E-state index in [1.54, 1.807) is 0 Å². The molecule has 0 radical (unpaired) electrons. The molecule has 1 fully saturated rings. The number of halogens is 2. The van der Waals surface area contributed by atoms with Crippen LogP contribution in [-0.2, 0) is 5.41 Å². The fourth-order valence-electron chi connectivity index (χ4n) is 1.87. The molecule has 1 aliphatic heterocycles. The number of hydrogen-bond donors (Lipinski definition) is 1. The second-order valence-corrected chi connectivity index (χ2v) is 5.31. The van der Waals surface area contributed by atoms with Gasteiger partial charge in [-0.2, -0.15) is 0 Å². The topological polar surface area (TPSA) is 42.7 Å². The Hall–Kier alpha value is -0.320. The molecular formula is C11H22Cl2N4. The Morgan fingerprint density at radius 1 is 1.24 bits per heavy atom. The predicted molar refractivity (Wildman–Crippen MR) is 74.4 cm³/mol. The third kappa shape index (κ3) is 4.12. The van der Waals surface area contributed by atoms with E-state index in [9.17, 15) is 0 Å². The van der Waals surface area contributed by atoms with Crippen LogP contribution in [0, 0.1) is 0 Å². The maximum absolute atomic E-state index is 4.26. The standard InChI is InChI=1S/C11H20N4.2ClH/c1-11(2,3)10-8-15(14-13-10)9-4-6-12-7-5-9;;/h8-9,12H,4-7H2,1-3H3;2*1H. The van der Waals surface area contributed by atoms with Gasteiger partial charge in [-0.05, 0) is 25.9 Å². The van der Waals surface area contributed by atoms with Crippen molar-refractivity contribution in [3.8, 4) is 0 Å². The van der Waals surface area contributed by atoms with Crippen LogP contribution in [0.5, 0.6) is 0 Å². The Morgan fingerprint density at radius 2 is 1.82 bits per heavy atom. The fourth-order valence-corrected chi connectivity index (χ4v) is 1.87. The molecule has 0 aliphatic carbocycles. The molecule has 2 rings (SSSR count). The lowest BCUT2D eigenvalue weighted by Gasteiger charge is -2.22. The summed E-state index contributed by atoms with van der Waals surface area (Å²) in [6, 6.07) is 0.537. The minimum atomic E-state index is 0. The first-order chi connectivity index (χ1) is 7.07. The first-order valence-corrected chi connectivity index (χ1v) is 5.70. The largest absolute Gasteiger partial charge is 0.317 e. The third-order valence-corrected chi connectivity index (χ3v) is 2.96. The molecule has 4 nitrogen and oxygen atoms in total. The van der Waals surface area contributed by atoms with Crippen molar-refractivity contribution in [2.75, 3.05) is 13.1 Å². The highest BCUT2D eigenvalue weighted by Gasteiger charge is 2.21. The Balaban J connectivity index is 0.00000128. The van der Waals surface area contributed by atoms with Crippen LogP contribution in [0.1, 0.15) is 45.3 Å². The molecule has 0 aromatic carbocycles. The van der Waals surface area contributed by atoms with Gasteiger partial charge >= 0.3 is 0 Å². The van der Waals surface area contributed by atoms with E-state index in [0.717, 1.165) is 31.6 Å². The van der Waals surface area contributed by atoms with Crippen LogP contribution < -0.4 is 5.32 Å². The number of aromatic nitrogens is 3. The molecule has 1 aromatic heterocycles. The summed E-state index contributed by atoms with van der Waals surface area (Å²) in [5.74, 6) is 0. The first kappa shape index (κ1) is 16.7. The number of nitrogens with zero attached hydrogens (tertiary/aromatic N) is 3. The Bertz CT molecular complexity index is 326. The quantitative estimate of drug-likeness (QED) is 0.859. The normalized spacial score (nSPS) is 17.1. The van der Waals surface area contributed by atoms with Gasteiger partial charge in [0, 0.05) is 11.6 Å². The zero-order valence-electron chi connectivity index (χ0n) is 10.6. The van der Waals surface area contributed by atoms with Gasteiger partial charge in [-0.25, -0.2) is 4.68 Å². The van der Waals surface area contributed by atoms with E-state index in [4.69, 9.17) is 0 Å². The lowest BCUT2D eigenvalue weighted by Crippen LogP contribution is -2.29. The summed E-state index contributed by atoms with van der Waals surface area (Å²) in [4.78, 5) is 0. The van der Waals surface area contributed by atoms with E-state index < -0.39 is 0 Å². The number of nitrogens with one attached hydrogen (secondary N) is 1. The average molecular weight is 281 g/mol. The number of piperidine rings is 1. The van der Waals surface area contributed by atoms with E-state index >= 15 is 0 Å². The summed E-state index contributed by atoms with van der Waals surface area (Å²) in [7, 11) is 0. The smallest absolute Gasteiger partial charge is 0.0880 e. The van der Waals surface area contributed by atoms with Crippen molar-refractivity contribution in [3.05, 3.63) is 11.9 Å². The molecule has 1 aliphatic rings. The predicted octanol–water partition coefficient (Wildman–Crippen LogP) is 2.34. The highest BCUT2D eigenvalue weighted by molar-refractivity contribution is 5.85. The van der Waals surface area contributed by atoms with Crippen molar-refractivity contribution in [1.82, 2.24) is 20.3 Å². The van der Waals surface area contributed by atoms with Gasteiger partial charge in [-0.3, -0.25) is 0 Å². The third-order valence-electron chi connectivity index (χ3n) is 2.96. The van der Waals surface area contributed by atoms with Crippen LogP contribution in [-0.4, -0.2) is 28.1 Å². The van der Waals surface area contributed by atoms with Gasteiger partial charge in [0.05, 0.1) is 11.7 Å². The molecule has 0 amide bonds. The van der Waals surface area contributed by atoms with E-state index in [-0.39, 0.29) is 30.2 Å². The van der Waals surface area contributed by atoms with Gasteiger partial charge in [-0.15, -0.1) is 29.9 Å². The van der Waals surface area contributed by atoms with Crippen molar-refractivity contribution >= 4 is 24.8 Å². The SMILES string of the molecule is CC(C)(C)c1cn(C2CCNCC2)nn1.Cl.Cl. The number of hydrogen-bond acceptors (Lipinski definition) is 3. The first-order valence-electron chi connectivity index (χ1n) is 5.70. The van der Waals surface area contributed by atoms with Gasteiger partial charge in [-0.1, -0.05) is 26.0 Å². The molecule has 17 heavy (non-hydrogen) atoms. The summed E-state index contributed by atoms with van der Waals surface area (Å²) >= 11 is 0. The Kier molecular flexibility index (Phi) is 6.45. The van der Waals surface area contributed by atoms with Gasteiger partial charge in [0.15, 0.2) is 0 Å². The van der Waals surface area contributed by atoms with Crippen molar-refractivity contribution < 1.29 is 0 Å². The van der Waals surface area contributed by atoms with Gasteiger partial charge in [0.2, 0.25) is 0 Å². The molecule has 1 N–H and O–H groups in total. The zero-order valence-corrected chi connectivity index (χ0v) is 12.3. The summed E-state index contributed by atoms with van der Waals surface area (Å²) in [5.41, 5.74) is 1.19. The van der Waals surface area contributed by atoms with Crippen molar-refractivity contribution in [2.45, 2.75) is 45.1 Å². The Morgan fingerprint density at radius 3 is 2.29 bits per heavy atom. The van der Waals surface area contributed by atoms with E-state index in [0.29, 0.717) is 6.04 Å². The van der Waals surface area contributed by atoms with Crippen molar-refractivity contribution in [1.29, 1.82) is 0 Å². The average Bonchev–Trinajstić information content (AvgIpc) is 2.67. The molecule has 0 bridgehead atoms. The van der Waals surface area contributed by atoms with E-state index in [1.807, 2.05) is 4.68 Å². The lowest BCUT2D eigenvalue weighted by atomic mass is 9.93. The Labute approximate surface area is 115 Å². The minimum absolute atomic E-state index is 0. The van der Waals surface area contributed by atoms with Gasteiger partial charge in [0.1, 0.15) is 0 Å².